The lowest BCUT2D eigenvalue weighted by Gasteiger charge is -2.33. The Morgan fingerprint density at radius 1 is 1.14 bits per heavy atom. The fourth-order valence-electron chi connectivity index (χ4n) is 4.38. The number of piperazine rings is 1. The van der Waals surface area contributed by atoms with Crippen LogP contribution in [0.2, 0.25) is 0 Å². The molecule has 11 heteroatoms. The molecule has 0 saturated carbocycles. The highest BCUT2D eigenvalue weighted by Crippen LogP contribution is 2.30. The number of anilines is 2. The fraction of sp³-hybridized carbons (Fsp3) is 0.292. The highest BCUT2D eigenvalue weighted by molar-refractivity contribution is 7.10. The third-order valence-corrected chi connectivity index (χ3v) is 7.21. The minimum atomic E-state index is -0.947. The van der Waals surface area contributed by atoms with Gasteiger partial charge in [0.1, 0.15) is 11.3 Å². The van der Waals surface area contributed by atoms with Gasteiger partial charge in [0.15, 0.2) is 23.1 Å². The summed E-state index contributed by atoms with van der Waals surface area (Å²) in [5, 5.41) is 10.5. The van der Waals surface area contributed by atoms with E-state index in [2.05, 4.69) is 55.5 Å². The van der Waals surface area contributed by atoms with Crippen molar-refractivity contribution in [1.82, 2.24) is 29.5 Å². The molecular weight excluding hydrogens is 470 g/mol. The Morgan fingerprint density at radius 3 is 2.74 bits per heavy atom. The lowest BCUT2D eigenvalue weighted by molar-refractivity contribution is 0.311. The predicted octanol–water partition coefficient (Wildman–Crippen LogP) is 4.28. The van der Waals surface area contributed by atoms with E-state index in [4.69, 9.17) is 5.10 Å². The largest absolute Gasteiger partial charge is 0.375 e. The maximum Gasteiger partial charge on any atom is 0.186 e. The molecule has 8 nitrogen and oxygen atoms in total. The van der Waals surface area contributed by atoms with E-state index in [1.54, 1.807) is 11.3 Å². The third-order valence-electron chi connectivity index (χ3n) is 6.35. The van der Waals surface area contributed by atoms with Crippen LogP contribution < -0.4 is 10.2 Å². The fourth-order valence-corrected chi connectivity index (χ4v) is 5.08. The molecular formula is C24H24F2N8S. The van der Waals surface area contributed by atoms with Crippen LogP contribution in [0, 0.1) is 18.6 Å². The van der Waals surface area contributed by atoms with E-state index in [0.29, 0.717) is 17.0 Å². The average Bonchev–Trinajstić information content (AvgIpc) is 3.58. The molecule has 0 aliphatic carbocycles. The SMILES string of the molecule is Cc1cc(-c2cnc3c(NCc4nc5c(F)c(F)ccc5[nH]4)cc(N4CCN(C)CC4)nn23)cs1. The molecule has 0 spiro atoms. The third kappa shape index (κ3) is 4.00. The second-order valence-corrected chi connectivity index (χ2v) is 9.94. The number of H-pyrrole nitrogens is 1. The van der Waals surface area contributed by atoms with Gasteiger partial charge in [0.2, 0.25) is 0 Å². The number of nitrogens with one attached hydrogen (secondary N) is 2. The summed E-state index contributed by atoms with van der Waals surface area (Å²) in [7, 11) is 2.12. The monoisotopic (exact) mass is 494 g/mol. The Bertz CT molecular complexity index is 1530. The van der Waals surface area contributed by atoms with Crippen LogP contribution in [0.1, 0.15) is 10.7 Å². The zero-order valence-electron chi connectivity index (χ0n) is 19.3. The molecule has 0 atom stereocenters. The number of imidazole rings is 2. The maximum absolute atomic E-state index is 14.1. The number of benzene rings is 1. The zero-order chi connectivity index (χ0) is 24.1. The Morgan fingerprint density at radius 2 is 1.97 bits per heavy atom. The van der Waals surface area contributed by atoms with Crippen LogP contribution in [0.4, 0.5) is 20.3 Å². The second-order valence-electron chi connectivity index (χ2n) is 8.83. The number of fused-ring (bicyclic) bond motifs is 2. The van der Waals surface area contributed by atoms with Gasteiger partial charge in [-0.3, -0.25) is 0 Å². The smallest absolute Gasteiger partial charge is 0.186 e. The van der Waals surface area contributed by atoms with Gasteiger partial charge in [-0.05, 0) is 32.2 Å². The summed E-state index contributed by atoms with van der Waals surface area (Å²) in [6.45, 7) is 6.05. The Kier molecular flexibility index (Phi) is 5.37. The van der Waals surface area contributed by atoms with Gasteiger partial charge in [-0.15, -0.1) is 16.4 Å². The van der Waals surface area contributed by atoms with E-state index >= 15 is 0 Å². The number of hydrogen-bond acceptors (Lipinski definition) is 7. The first-order valence-corrected chi connectivity index (χ1v) is 12.3. The molecule has 0 bridgehead atoms. The summed E-state index contributed by atoms with van der Waals surface area (Å²) in [5.74, 6) is -0.500. The molecule has 0 amide bonds. The summed E-state index contributed by atoms with van der Waals surface area (Å²) in [5.41, 5.74) is 3.92. The number of likely N-dealkylation sites (N-methyl/N-ethyl adjacent to an activating group) is 1. The van der Waals surface area contributed by atoms with Crippen LogP contribution in [0.15, 0.2) is 35.8 Å². The van der Waals surface area contributed by atoms with Gasteiger partial charge in [0.05, 0.1) is 29.6 Å². The van der Waals surface area contributed by atoms with Crippen molar-refractivity contribution in [3.63, 3.8) is 0 Å². The normalized spacial score (nSPS) is 14.9. The standard InChI is InChI=1S/C24H24F2N8S/c1-14-9-15(13-35-14)19-11-28-24-18(10-21(31-34(19)24)33-7-5-32(2)6-8-33)27-12-20-29-17-4-3-16(25)22(26)23(17)30-20/h3-4,9-11,13,27H,5-8,12H2,1-2H3,(H,29,30). The number of thiophene rings is 1. The first kappa shape index (κ1) is 21.9. The molecule has 1 aliphatic rings. The molecule has 0 unspecified atom stereocenters. The van der Waals surface area contributed by atoms with Crippen molar-refractivity contribution in [3.8, 4) is 11.3 Å². The van der Waals surface area contributed by atoms with Crippen molar-refractivity contribution < 1.29 is 8.78 Å². The minimum absolute atomic E-state index is 0.00396. The quantitative estimate of drug-likeness (QED) is 0.380. The highest BCUT2D eigenvalue weighted by atomic mass is 32.1. The first-order valence-electron chi connectivity index (χ1n) is 11.4. The van der Waals surface area contributed by atoms with Gasteiger partial charge in [-0.25, -0.2) is 23.3 Å². The summed E-state index contributed by atoms with van der Waals surface area (Å²) in [4.78, 5) is 17.8. The van der Waals surface area contributed by atoms with Crippen molar-refractivity contribution in [3.05, 3.63) is 58.2 Å². The molecule has 0 radical (unpaired) electrons. The summed E-state index contributed by atoms with van der Waals surface area (Å²) < 4.78 is 29.6. The van der Waals surface area contributed by atoms with Gasteiger partial charge in [0.25, 0.3) is 0 Å². The minimum Gasteiger partial charge on any atom is -0.375 e. The molecule has 1 fully saturated rings. The molecule has 1 aliphatic heterocycles. The van der Waals surface area contributed by atoms with Crippen molar-refractivity contribution in [2.45, 2.75) is 13.5 Å². The van der Waals surface area contributed by atoms with Crippen molar-refractivity contribution in [2.24, 2.45) is 0 Å². The van der Waals surface area contributed by atoms with Crippen molar-refractivity contribution >= 4 is 39.5 Å². The summed E-state index contributed by atoms with van der Waals surface area (Å²) >= 11 is 1.69. The summed E-state index contributed by atoms with van der Waals surface area (Å²) in [6.07, 6.45) is 1.84. The van der Waals surface area contributed by atoms with E-state index in [9.17, 15) is 8.78 Å². The van der Waals surface area contributed by atoms with Crippen LogP contribution in [0.5, 0.6) is 0 Å². The lowest BCUT2D eigenvalue weighted by Crippen LogP contribution is -2.45. The molecule has 5 heterocycles. The van der Waals surface area contributed by atoms with E-state index < -0.39 is 11.6 Å². The van der Waals surface area contributed by atoms with Crippen LogP contribution in [-0.2, 0) is 6.54 Å². The van der Waals surface area contributed by atoms with Gasteiger partial charge in [0, 0.05) is 48.1 Å². The number of aryl methyl sites for hydroxylation is 1. The van der Waals surface area contributed by atoms with Crippen LogP contribution in [-0.4, -0.2) is 62.7 Å². The number of rotatable bonds is 5. The molecule has 1 saturated heterocycles. The maximum atomic E-state index is 14.1. The first-order chi connectivity index (χ1) is 17.0. The number of aromatic amines is 1. The predicted molar refractivity (Wildman–Crippen MR) is 134 cm³/mol. The molecule has 4 aromatic heterocycles. The van der Waals surface area contributed by atoms with E-state index in [0.717, 1.165) is 55.0 Å². The second kappa shape index (κ2) is 8.58. The zero-order valence-corrected chi connectivity index (χ0v) is 20.2. The number of aromatic nitrogens is 5. The van der Waals surface area contributed by atoms with Gasteiger partial charge < -0.3 is 20.1 Å². The van der Waals surface area contributed by atoms with Crippen LogP contribution in [0.25, 0.3) is 27.9 Å². The van der Waals surface area contributed by atoms with E-state index in [1.807, 2.05) is 16.8 Å². The van der Waals surface area contributed by atoms with Gasteiger partial charge in [-0.1, -0.05) is 0 Å². The van der Waals surface area contributed by atoms with Gasteiger partial charge >= 0.3 is 0 Å². The van der Waals surface area contributed by atoms with E-state index in [-0.39, 0.29) is 12.1 Å². The van der Waals surface area contributed by atoms with Crippen LogP contribution >= 0.6 is 11.3 Å². The molecule has 5 aromatic rings. The average molecular weight is 495 g/mol. The Labute approximate surface area is 204 Å². The molecule has 6 rings (SSSR count). The molecule has 1 aromatic carbocycles. The van der Waals surface area contributed by atoms with Crippen molar-refractivity contribution in [1.29, 1.82) is 0 Å². The summed E-state index contributed by atoms with van der Waals surface area (Å²) in [6, 6.07) is 6.72. The van der Waals surface area contributed by atoms with Crippen LogP contribution in [0.3, 0.4) is 0 Å². The Hall–Kier alpha value is -3.57. The number of halogens is 2. The topological polar surface area (TPSA) is 77.4 Å². The highest BCUT2D eigenvalue weighted by Gasteiger charge is 2.20. The molecule has 35 heavy (non-hydrogen) atoms. The number of nitrogens with zero attached hydrogens (tertiary/aromatic N) is 6. The lowest BCUT2D eigenvalue weighted by atomic mass is 10.2. The number of hydrogen-bond donors (Lipinski definition) is 2. The van der Waals surface area contributed by atoms with E-state index in [1.165, 1.54) is 10.9 Å². The molecule has 2 N–H and O–H groups in total. The van der Waals surface area contributed by atoms with Crippen molar-refractivity contribution in [2.75, 3.05) is 43.4 Å². The Balaban J connectivity index is 1.38. The van der Waals surface area contributed by atoms with Gasteiger partial charge in [-0.2, -0.15) is 0 Å². The molecule has 180 valence electrons.